The van der Waals surface area contributed by atoms with E-state index in [1.165, 1.54) is 6.20 Å². The average Bonchev–Trinajstić information content (AvgIpc) is 3.31. The number of nitrogens with zero attached hydrogens (tertiary/aromatic N) is 3. The number of carbonyl (C=O) groups excluding carboxylic acids is 1. The second-order valence-corrected chi connectivity index (χ2v) is 5.30. The van der Waals surface area contributed by atoms with Gasteiger partial charge in [-0.3, -0.25) is 4.79 Å². The number of piperazine rings is 1. The van der Waals surface area contributed by atoms with Crippen LogP contribution in [0.25, 0.3) is 0 Å². The van der Waals surface area contributed by atoms with E-state index in [9.17, 15) is 9.59 Å². The number of aromatic carboxylic acids is 1. The molecule has 0 spiro atoms. The third-order valence-electron chi connectivity index (χ3n) is 3.84. The van der Waals surface area contributed by atoms with Gasteiger partial charge in [0.1, 0.15) is 5.82 Å². The van der Waals surface area contributed by atoms with Gasteiger partial charge < -0.3 is 14.9 Å². The first-order valence-electron chi connectivity index (χ1n) is 6.88. The van der Waals surface area contributed by atoms with E-state index in [4.69, 9.17) is 5.11 Å². The summed E-state index contributed by atoms with van der Waals surface area (Å²) in [5.41, 5.74) is 0.191. The Morgan fingerprint density at radius 3 is 2.35 bits per heavy atom. The molecule has 1 aliphatic heterocycles. The molecule has 2 heterocycles. The van der Waals surface area contributed by atoms with E-state index in [0.717, 1.165) is 44.8 Å². The minimum absolute atomic E-state index is 0.191. The number of rotatable bonds is 3. The van der Waals surface area contributed by atoms with Gasteiger partial charge in [-0.25, -0.2) is 9.78 Å². The van der Waals surface area contributed by atoms with Crippen molar-refractivity contribution in [2.45, 2.75) is 12.8 Å². The Morgan fingerprint density at radius 2 is 1.85 bits per heavy atom. The minimum atomic E-state index is -0.969. The molecule has 2 fully saturated rings. The van der Waals surface area contributed by atoms with Gasteiger partial charge in [0.25, 0.3) is 0 Å². The van der Waals surface area contributed by atoms with E-state index in [1.54, 1.807) is 12.1 Å². The van der Waals surface area contributed by atoms with Gasteiger partial charge in [-0.05, 0) is 25.0 Å². The fraction of sp³-hybridized carbons (Fsp3) is 0.500. The first-order valence-corrected chi connectivity index (χ1v) is 6.88. The Bertz CT molecular complexity index is 517. The Kier molecular flexibility index (Phi) is 3.30. The van der Waals surface area contributed by atoms with Crippen LogP contribution in [0.3, 0.4) is 0 Å². The second-order valence-electron chi connectivity index (χ2n) is 5.30. The Labute approximate surface area is 117 Å². The first-order chi connectivity index (χ1) is 9.65. The molecule has 0 aromatic carbocycles. The van der Waals surface area contributed by atoms with E-state index in [-0.39, 0.29) is 11.5 Å². The minimum Gasteiger partial charge on any atom is -0.478 e. The molecular formula is C14H17N3O3. The molecule has 1 aromatic rings. The van der Waals surface area contributed by atoms with Crippen LogP contribution in [0.4, 0.5) is 5.82 Å². The zero-order valence-electron chi connectivity index (χ0n) is 11.2. The highest BCUT2D eigenvalue weighted by Gasteiger charge is 2.34. The Balaban J connectivity index is 1.59. The summed E-state index contributed by atoms with van der Waals surface area (Å²) in [7, 11) is 0. The molecule has 1 amide bonds. The van der Waals surface area contributed by atoms with Crippen LogP contribution in [-0.2, 0) is 4.79 Å². The highest BCUT2D eigenvalue weighted by atomic mass is 16.4. The Morgan fingerprint density at radius 1 is 1.15 bits per heavy atom. The zero-order valence-corrected chi connectivity index (χ0v) is 11.2. The Hall–Kier alpha value is -2.11. The summed E-state index contributed by atoms with van der Waals surface area (Å²) in [5, 5.41) is 8.84. The number of carboxylic acid groups (broad SMARTS) is 1. The highest BCUT2D eigenvalue weighted by Crippen LogP contribution is 2.31. The van der Waals surface area contributed by atoms with Crippen LogP contribution in [0.1, 0.15) is 23.2 Å². The summed E-state index contributed by atoms with van der Waals surface area (Å²) in [5.74, 6) is 0.366. The number of carboxylic acids is 1. The van der Waals surface area contributed by atoms with Crippen molar-refractivity contribution in [1.82, 2.24) is 9.88 Å². The average molecular weight is 275 g/mol. The van der Waals surface area contributed by atoms with Gasteiger partial charge in [0.05, 0.1) is 5.56 Å². The summed E-state index contributed by atoms with van der Waals surface area (Å²) in [4.78, 5) is 30.9. The predicted octanol–water partition coefficient (Wildman–Crippen LogP) is 0.838. The van der Waals surface area contributed by atoms with Crippen LogP contribution >= 0.6 is 0 Å². The monoisotopic (exact) mass is 275 g/mol. The lowest BCUT2D eigenvalue weighted by Gasteiger charge is -2.35. The number of amides is 1. The number of hydrogen-bond acceptors (Lipinski definition) is 4. The van der Waals surface area contributed by atoms with E-state index >= 15 is 0 Å². The van der Waals surface area contributed by atoms with Crippen LogP contribution in [0.2, 0.25) is 0 Å². The number of anilines is 1. The largest absolute Gasteiger partial charge is 0.478 e. The topological polar surface area (TPSA) is 73.7 Å². The third-order valence-corrected chi connectivity index (χ3v) is 3.84. The number of aromatic nitrogens is 1. The summed E-state index contributed by atoms with van der Waals surface area (Å²) >= 11 is 0. The SMILES string of the molecule is O=C(O)c1ccc(N2CCN(C(=O)C3CC3)CC2)nc1. The van der Waals surface area contributed by atoms with Gasteiger partial charge in [-0.1, -0.05) is 0 Å². The lowest BCUT2D eigenvalue weighted by Crippen LogP contribution is -2.49. The molecule has 0 radical (unpaired) electrons. The van der Waals surface area contributed by atoms with Gasteiger partial charge in [0.15, 0.2) is 0 Å². The van der Waals surface area contributed by atoms with Crippen molar-refractivity contribution >= 4 is 17.7 Å². The lowest BCUT2D eigenvalue weighted by molar-refractivity contribution is -0.132. The van der Waals surface area contributed by atoms with Crippen molar-refractivity contribution in [2.75, 3.05) is 31.1 Å². The number of hydrogen-bond donors (Lipinski definition) is 1. The maximum atomic E-state index is 11.9. The van der Waals surface area contributed by atoms with Crippen LogP contribution in [0, 0.1) is 5.92 Å². The van der Waals surface area contributed by atoms with Crippen molar-refractivity contribution < 1.29 is 14.7 Å². The van der Waals surface area contributed by atoms with Crippen molar-refractivity contribution in [3.8, 4) is 0 Å². The number of carbonyl (C=O) groups is 2. The molecule has 1 saturated heterocycles. The molecule has 106 valence electrons. The summed E-state index contributed by atoms with van der Waals surface area (Å²) in [6.45, 7) is 2.94. The fourth-order valence-electron chi connectivity index (χ4n) is 2.44. The molecule has 6 nitrogen and oxygen atoms in total. The molecule has 1 saturated carbocycles. The van der Waals surface area contributed by atoms with Crippen molar-refractivity contribution in [2.24, 2.45) is 5.92 Å². The number of pyridine rings is 1. The maximum absolute atomic E-state index is 11.9. The maximum Gasteiger partial charge on any atom is 0.337 e. The normalized spacial score (nSPS) is 19.0. The molecule has 2 aliphatic rings. The first kappa shape index (κ1) is 12.9. The molecule has 1 N–H and O–H groups in total. The molecule has 0 bridgehead atoms. The smallest absolute Gasteiger partial charge is 0.337 e. The quantitative estimate of drug-likeness (QED) is 0.884. The van der Waals surface area contributed by atoms with Crippen LogP contribution < -0.4 is 4.90 Å². The van der Waals surface area contributed by atoms with Crippen LogP contribution in [-0.4, -0.2) is 53.0 Å². The predicted molar refractivity (Wildman–Crippen MR) is 72.7 cm³/mol. The van der Waals surface area contributed by atoms with Crippen molar-refractivity contribution in [3.05, 3.63) is 23.9 Å². The second kappa shape index (κ2) is 5.11. The van der Waals surface area contributed by atoms with Crippen LogP contribution in [0.15, 0.2) is 18.3 Å². The van der Waals surface area contributed by atoms with Gasteiger partial charge in [0.2, 0.25) is 5.91 Å². The standard InChI is InChI=1S/C14H17N3O3/c18-13(10-1-2-10)17-7-5-16(6-8-17)12-4-3-11(9-15-12)14(19)20/h3-4,9-10H,1-2,5-8H2,(H,19,20). The van der Waals surface area contributed by atoms with Gasteiger partial charge >= 0.3 is 5.97 Å². The molecule has 20 heavy (non-hydrogen) atoms. The van der Waals surface area contributed by atoms with E-state index in [2.05, 4.69) is 9.88 Å². The van der Waals surface area contributed by atoms with Crippen molar-refractivity contribution in [3.63, 3.8) is 0 Å². The zero-order chi connectivity index (χ0) is 14.1. The van der Waals surface area contributed by atoms with E-state index < -0.39 is 5.97 Å². The molecule has 1 aliphatic carbocycles. The highest BCUT2D eigenvalue weighted by molar-refractivity contribution is 5.87. The summed E-state index contributed by atoms with van der Waals surface area (Å²) < 4.78 is 0. The third kappa shape index (κ3) is 2.59. The van der Waals surface area contributed by atoms with E-state index in [0.29, 0.717) is 5.91 Å². The molecule has 0 atom stereocenters. The van der Waals surface area contributed by atoms with Gasteiger partial charge in [-0.15, -0.1) is 0 Å². The van der Waals surface area contributed by atoms with Crippen LogP contribution in [0.5, 0.6) is 0 Å². The molecule has 3 rings (SSSR count). The molecular weight excluding hydrogens is 258 g/mol. The van der Waals surface area contributed by atoms with E-state index in [1.807, 2.05) is 4.90 Å². The molecule has 6 heteroatoms. The summed E-state index contributed by atoms with van der Waals surface area (Å²) in [6.07, 6.45) is 3.45. The lowest BCUT2D eigenvalue weighted by atomic mass is 10.2. The molecule has 0 unspecified atom stereocenters. The summed E-state index contributed by atoms with van der Waals surface area (Å²) in [6, 6.07) is 3.29. The fourth-order valence-corrected chi connectivity index (χ4v) is 2.44. The van der Waals surface area contributed by atoms with Gasteiger partial charge in [-0.2, -0.15) is 0 Å². The molecule has 1 aromatic heterocycles. The van der Waals surface area contributed by atoms with Crippen molar-refractivity contribution in [1.29, 1.82) is 0 Å². The van der Waals surface area contributed by atoms with Gasteiger partial charge in [0, 0.05) is 38.3 Å².